The number of aryl methyl sites for hydroxylation is 1. The van der Waals surface area contributed by atoms with E-state index >= 15 is 0 Å². The van der Waals surface area contributed by atoms with Gasteiger partial charge in [-0.2, -0.15) is 0 Å². The van der Waals surface area contributed by atoms with Gasteiger partial charge in [0.05, 0.1) is 17.9 Å². The van der Waals surface area contributed by atoms with Gasteiger partial charge in [-0.3, -0.25) is 0 Å². The molecule has 0 fully saturated rings. The number of benzene rings is 1. The van der Waals surface area contributed by atoms with Crippen molar-refractivity contribution in [3.05, 3.63) is 48.0 Å². The summed E-state index contributed by atoms with van der Waals surface area (Å²) in [6, 6.07) is 8.25. The van der Waals surface area contributed by atoms with E-state index in [9.17, 15) is 8.42 Å². The molecule has 0 atom stereocenters. The average molecular weight is 278 g/mol. The molecule has 19 heavy (non-hydrogen) atoms. The van der Waals surface area contributed by atoms with Crippen LogP contribution in [0, 0.1) is 6.92 Å². The van der Waals surface area contributed by atoms with Crippen molar-refractivity contribution >= 4 is 15.7 Å². The molecule has 0 spiro atoms. The molecule has 0 radical (unpaired) electrons. The maximum Gasteiger partial charge on any atom is 0.240 e. The molecule has 0 aliphatic carbocycles. The number of nitrogens with zero attached hydrogens (tertiary/aromatic N) is 2. The fourth-order valence-electron chi connectivity index (χ4n) is 1.65. The van der Waals surface area contributed by atoms with Crippen LogP contribution in [0.4, 0.5) is 5.69 Å². The number of primary sulfonamides is 1. The molecule has 2 aromatic rings. The van der Waals surface area contributed by atoms with Crippen LogP contribution in [-0.4, -0.2) is 18.4 Å². The molecular formula is C12H14N4O2S. The predicted molar refractivity (Wildman–Crippen MR) is 71.9 cm³/mol. The molecule has 1 aromatic heterocycles. The Balaban J connectivity index is 2.21. The van der Waals surface area contributed by atoms with Gasteiger partial charge in [0.15, 0.2) is 0 Å². The van der Waals surface area contributed by atoms with Gasteiger partial charge >= 0.3 is 0 Å². The first-order valence-electron chi connectivity index (χ1n) is 5.61. The summed E-state index contributed by atoms with van der Waals surface area (Å²) in [4.78, 5) is 8.29. The zero-order valence-electron chi connectivity index (χ0n) is 10.4. The number of anilines is 1. The second kappa shape index (κ2) is 5.33. The maximum absolute atomic E-state index is 11.4. The molecular weight excluding hydrogens is 264 g/mol. The first kappa shape index (κ1) is 13.4. The lowest BCUT2D eigenvalue weighted by Gasteiger charge is -2.10. The SMILES string of the molecule is Cc1nccc(CNc2ccccc2S(N)(=O)=O)n1. The van der Waals surface area contributed by atoms with Crippen LogP contribution in [-0.2, 0) is 16.6 Å². The van der Waals surface area contributed by atoms with Crippen molar-refractivity contribution in [2.24, 2.45) is 5.14 Å². The molecule has 0 amide bonds. The molecule has 7 heteroatoms. The highest BCUT2D eigenvalue weighted by Gasteiger charge is 2.12. The van der Waals surface area contributed by atoms with Gasteiger partial charge in [0.1, 0.15) is 10.7 Å². The molecule has 1 aromatic carbocycles. The van der Waals surface area contributed by atoms with Crippen LogP contribution in [0.25, 0.3) is 0 Å². The van der Waals surface area contributed by atoms with Gasteiger partial charge in [-0.05, 0) is 25.1 Å². The molecule has 100 valence electrons. The van der Waals surface area contributed by atoms with Crippen LogP contribution in [0.3, 0.4) is 0 Å². The minimum absolute atomic E-state index is 0.0702. The third-order valence-corrected chi connectivity index (χ3v) is 3.46. The Morgan fingerprint density at radius 1 is 1.26 bits per heavy atom. The van der Waals surface area contributed by atoms with Gasteiger partial charge in [-0.15, -0.1) is 0 Å². The third-order valence-electron chi connectivity index (χ3n) is 2.49. The van der Waals surface area contributed by atoms with Crippen molar-refractivity contribution in [1.29, 1.82) is 0 Å². The summed E-state index contributed by atoms with van der Waals surface area (Å²) in [5, 5.41) is 8.17. The van der Waals surface area contributed by atoms with Gasteiger partial charge in [0.2, 0.25) is 10.0 Å². The normalized spacial score (nSPS) is 11.3. The van der Waals surface area contributed by atoms with E-state index in [-0.39, 0.29) is 4.90 Å². The standard InChI is InChI=1S/C12H14N4O2S/c1-9-14-7-6-10(16-9)8-15-11-4-2-3-5-12(11)19(13,17)18/h2-7,15H,8H2,1H3,(H2,13,17,18). The van der Waals surface area contributed by atoms with E-state index in [0.29, 0.717) is 18.1 Å². The zero-order chi connectivity index (χ0) is 13.9. The third kappa shape index (κ3) is 3.49. The smallest absolute Gasteiger partial charge is 0.240 e. The summed E-state index contributed by atoms with van der Waals surface area (Å²) in [5.74, 6) is 0.666. The molecule has 0 unspecified atom stereocenters. The van der Waals surface area contributed by atoms with Crippen LogP contribution >= 0.6 is 0 Å². The van der Waals surface area contributed by atoms with Crippen molar-refractivity contribution in [3.8, 4) is 0 Å². The number of aromatic nitrogens is 2. The summed E-state index contributed by atoms with van der Waals surface area (Å²) >= 11 is 0. The molecule has 3 N–H and O–H groups in total. The Labute approximate surface area is 111 Å². The van der Waals surface area contributed by atoms with Crippen LogP contribution in [0.15, 0.2) is 41.4 Å². The number of nitrogens with one attached hydrogen (secondary N) is 1. The largest absolute Gasteiger partial charge is 0.378 e. The topological polar surface area (TPSA) is 98.0 Å². The first-order chi connectivity index (χ1) is 8.97. The van der Waals surface area contributed by atoms with Crippen molar-refractivity contribution < 1.29 is 8.42 Å². The van der Waals surface area contributed by atoms with Crippen molar-refractivity contribution in [2.45, 2.75) is 18.4 Å². The summed E-state index contributed by atoms with van der Waals surface area (Å²) in [5.41, 5.74) is 1.23. The highest BCUT2D eigenvalue weighted by molar-refractivity contribution is 7.89. The lowest BCUT2D eigenvalue weighted by molar-refractivity contribution is 0.598. The molecule has 0 saturated heterocycles. The lowest BCUT2D eigenvalue weighted by atomic mass is 10.3. The van der Waals surface area contributed by atoms with Crippen LogP contribution in [0.2, 0.25) is 0 Å². The minimum atomic E-state index is -3.74. The Hall–Kier alpha value is -1.99. The van der Waals surface area contributed by atoms with Crippen molar-refractivity contribution in [3.63, 3.8) is 0 Å². The van der Waals surface area contributed by atoms with E-state index in [1.165, 1.54) is 6.07 Å². The van der Waals surface area contributed by atoms with Gasteiger partial charge in [-0.1, -0.05) is 12.1 Å². The van der Waals surface area contributed by atoms with E-state index in [2.05, 4.69) is 15.3 Å². The van der Waals surface area contributed by atoms with Gasteiger partial charge in [-0.25, -0.2) is 23.5 Å². The van der Waals surface area contributed by atoms with Crippen LogP contribution < -0.4 is 10.5 Å². The molecule has 0 aliphatic heterocycles. The molecule has 0 aliphatic rings. The Morgan fingerprint density at radius 3 is 2.68 bits per heavy atom. The van der Waals surface area contributed by atoms with E-state index in [0.717, 1.165) is 5.69 Å². The molecule has 1 heterocycles. The van der Waals surface area contributed by atoms with E-state index in [1.807, 2.05) is 0 Å². The molecule has 0 bridgehead atoms. The monoisotopic (exact) mass is 278 g/mol. The van der Waals surface area contributed by atoms with Gasteiger partial charge in [0.25, 0.3) is 0 Å². The number of rotatable bonds is 4. The molecule has 0 saturated carbocycles. The van der Waals surface area contributed by atoms with E-state index in [1.54, 1.807) is 37.4 Å². The molecule has 6 nitrogen and oxygen atoms in total. The first-order valence-corrected chi connectivity index (χ1v) is 7.15. The molecule has 2 rings (SSSR count). The Bertz CT molecular complexity index is 686. The van der Waals surface area contributed by atoms with Crippen LogP contribution in [0.1, 0.15) is 11.5 Å². The minimum Gasteiger partial charge on any atom is -0.378 e. The highest BCUT2D eigenvalue weighted by atomic mass is 32.2. The summed E-state index contributed by atoms with van der Waals surface area (Å²) in [6.07, 6.45) is 1.66. The van der Waals surface area contributed by atoms with E-state index in [4.69, 9.17) is 5.14 Å². The maximum atomic E-state index is 11.4. The number of hydrogen-bond donors (Lipinski definition) is 2. The number of sulfonamides is 1. The predicted octanol–water partition coefficient (Wildman–Crippen LogP) is 1.04. The van der Waals surface area contributed by atoms with Crippen molar-refractivity contribution in [1.82, 2.24) is 9.97 Å². The zero-order valence-corrected chi connectivity index (χ0v) is 11.2. The fourth-order valence-corrected chi connectivity index (χ4v) is 2.37. The Kier molecular flexibility index (Phi) is 3.77. The van der Waals surface area contributed by atoms with E-state index < -0.39 is 10.0 Å². The average Bonchev–Trinajstić information content (AvgIpc) is 2.36. The number of nitrogens with two attached hydrogens (primary N) is 1. The fraction of sp³-hybridized carbons (Fsp3) is 0.167. The lowest BCUT2D eigenvalue weighted by Crippen LogP contribution is -2.15. The summed E-state index contributed by atoms with van der Waals surface area (Å²) in [6.45, 7) is 2.19. The number of hydrogen-bond acceptors (Lipinski definition) is 5. The van der Waals surface area contributed by atoms with Crippen molar-refractivity contribution in [2.75, 3.05) is 5.32 Å². The number of para-hydroxylation sites is 1. The van der Waals surface area contributed by atoms with Gasteiger partial charge < -0.3 is 5.32 Å². The summed E-state index contributed by atoms with van der Waals surface area (Å²) in [7, 11) is -3.74. The summed E-state index contributed by atoms with van der Waals surface area (Å²) < 4.78 is 22.9. The van der Waals surface area contributed by atoms with Gasteiger partial charge in [0, 0.05) is 6.20 Å². The highest BCUT2D eigenvalue weighted by Crippen LogP contribution is 2.19. The Morgan fingerprint density at radius 2 is 2.00 bits per heavy atom. The quantitative estimate of drug-likeness (QED) is 0.871. The second-order valence-corrected chi connectivity index (χ2v) is 5.52. The second-order valence-electron chi connectivity index (χ2n) is 3.99. The van der Waals surface area contributed by atoms with Crippen LogP contribution in [0.5, 0.6) is 0 Å².